The van der Waals surface area contributed by atoms with Gasteiger partial charge < -0.3 is 10.2 Å². The van der Waals surface area contributed by atoms with E-state index in [-0.39, 0.29) is 18.4 Å². The van der Waals surface area contributed by atoms with Crippen LogP contribution in [0.5, 0.6) is 0 Å². The third-order valence-corrected chi connectivity index (χ3v) is 3.77. The van der Waals surface area contributed by atoms with Crippen molar-refractivity contribution in [2.45, 2.75) is 40.0 Å². The fourth-order valence-corrected chi connectivity index (χ4v) is 2.51. The molecule has 1 aromatic carbocycles. The van der Waals surface area contributed by atoms with Gasteiger partial charge in [0.05, 0.1) is 6.54 Å². The van der Waals surface area contributed by atoms with Gasteiger partial charge in [-0.15, -0.1) is 0 Å². The number of rotatable bonds is 7. The second kappa shape index (κ2) is 8.82. The van der Waals surface area contributed by atoms with Gasteiger partial charge in [-0.2, -0.15) is 0 Å². The summed E-state index contributed by atoms with van der Waals surface area (Å²) >= 11 is 3.39. The van der Waals surface area contributed by atoms with Gasteiger partial charge in [-0.3, -0.25) is 9.59 Å². The van der Waals surface area contributed by atoms with Gasteiger partial charge in [-0.05, 0) is 37.1 Å². The van der Waals surface area contributed by atoms with Crippen LogP contribution < -0.4 is 5.32 Å². The van der Waals surface area contributed by atoms with Crippen molar-refractivity contribution in [1.29, 1.82) is 0 Å². The van der Waals surface area contributed by atoms with Crippen LogP contribution in [0.1, 0.15) is 38.7 Å². The van der Waals surface area contributed by atoms with Crippen molar-refractivity contribution in [1.82, 2.24) is 4.90 Å². The molecule has 0 atom stereocenters. The molecule has 0 aromatic heterocycles. The zero-order valence-electron chi connectivity index (χ0n) is 12.9. The van der Waals surface area contributed by atoms with E-state index < -0.39 is 0 Å². The highest BCUT2D eigenvalue weighted by atomic mass is 79.9. The van der Waals surface area contributed by atoms with E-state index in [1.807, 2.05) is 25.1 Å². The van der Waals surface area contributed by atoms with Crippen LogP contribution in [0.3, 0.4) is 0 Å². The van der Waals surface area contributed by atoms with Crippen molar-refractivity contribution in [2.75, 3.05) is 18.4 Å². The Bertz CT molecular complexity index is 503. The summed E-state index contributed by atoms with van der Waals surface area (Å²) in [5.41, 5.74) is 1.76. The molecule has 1 aromatic rings. The van der Waals surface area contributed by atoms with E-state index in [2.05, 4.69) is 28.2 Å². The Morgan fingerprint density at radius 1 is 1.29 bits per heavy atom. The zero-order valence-corrected chi connectivity index (χ0v) is 14.5. The Balaban J connectivity index is 2.59. The first-order chi connectivity index (χ1) is 9.93. The number of halogens is 1. The number of amides is 2. The van der Waals surface area contributed by atoms with E-state index in [1.54, 1.807) is 4.90 Å². The van der Waals surface area contributed by atoms with E-state index in [0.29, 0.717) is 6.54 Å². The van der Waals surface area contributed by atoms with Crippen molar-refractivity contribution >= 4 is 33.4 Å². The van der Waals surface area contributed by atoms with Crippen LogP contribution in [-0.2, 0) is 9.59 Å². The van der Waals surface area contributed by atoms with Crippen molar-refractivity contribution in [3.05, 3.63) is 28.2 Å². The fraction of sp³-hybridized carbons (Fsp3) is 0.500. The molecule has 0 aliphatic rings. The van der Waals surface area contributed by atoms with Gasteiger partial charge in [0.1, 0.15) is 0 Å². The maximum Gasteiger partial charge on any atom is 0.244 e. The molecule has 5 heteroatoms. The Hall–Kier alpha value is -1.36. The van der Waals surface area contributed by atoms with Gasteiger partial charge >= 0.3 is 0 Å². The summed E-state index contributed by atoms with van der Waals surface area (Å²) < 4.78 is 0.975. The maximum absolute atomic E-state index is 12.1. The molecular formula is C16H23BrN2O2. The smallest absolute Gasteiger partial charge is 0.244 e. The molecule has 1 rings (SSSR count). The first-order valence-corrected chi connectivity index (χ1v) is 8.04. The number of carbonyl (C=O) groups is 2. The number of aryl methyl sites for hydroxylation is 1. The van der Waals surface area contributed by atoms with Gasteiger partial charge in [0, 0.05) is 23.6 Å². The first kappa shape index (κ1) is 17.7. The topological polar surface area (TPSA) is 49.4 Å². The molecule has 1 N–H and O–H groups in total. The summed E-state index contributed by atoms with van der Waals surface area (Å²) in [7, 11) is 0. The van der Waals surface area contributed by atoms with E-state index in [9.17, 15) is 9.59 Å². The van der Waals surface area contributed by atoms with E-state index in [1.165, 1.54) is 6.92 Å². The number of carbonyl (C=O) groups excluding carboxylic acids is 2. The summed E-state index contributed by atoms with van der Waals surface area (Å²) in [6, 6.07) is 5.68. The number of anilines is 1. The van der Waals surface area contributed by atoms with Crippen LogP contribution in [0.4, 0.5) is 5.69 Å². The van der Waals surface area contributed by atoms with Gasteiger partial charge in [0.25, 0.3) is 0 Å². The number of unbranched alkanes of at least 4 members (excludes halogenated alkanes) is 2. The lowest BCUT2D eigenvalue weighted by Crippen LogP contribution is -2.37. The molecule has 0 bridgehead atoms. The summed E-state index contributed by atoms with van der Waals surface area (Å²) in [6.07, 6.45) is 3.09. The van der Waals surface area contributed by atoms with Gasteiger partial charge in [-0.25, -0.2) is 0 Å². The highest BCUT2D eigenvalue weighted by Gasteiger charge is 2.13. The number of nitrogens with one attached hydrogen (secondary N) is 1. The second-order valence-corrected chi connectivity index (χ2v) is 6.07. The third-order valence-electron chi connectivity index (χ3n) is 3.27. The van der Waals surface area contributed by atoms with Crippen LogP contribution in [0.15, 0.2) is 22.7 Å². The molecule has 0 unspecified atom stereocenters. The number of nitrogens with zero attached hydrogens (tertiary/aromatic N) is 1. The monoisotopic (exact) mass is 354 g/mol. The number of hydrogen-bond acceptors (Lipinski definition) is 2. The summed E-state index contributed by atoms with van der Waals surface area (Å²) in [6.45, 7) is 6.29. The molecule has 4 nitrogen and oxygen atoms in total. The summed E-state index contributed by atoms with van der Waals surface area (Å²) in [5.74, 6) is -0.221. The van der Waals surface area contributed by atoms with Crippen LogP contribution in [0.2, 0.25) is 0 Å². The Morgan fingerprint density at radius 3 is 2.57 bits per heavy atom. The van der Waals surface area contributed by atoms with E-state index in [0.717, 1.165) is 35.0 Å². The average Bonchev–Trinajstić information content (AvgIpc) is 2.41. The van der Waals surface area contributed by atoms with Crippen LogP contribution >= 0.6 is 15.9 Å². The standard InChI is InChI=1S/C16H23BrN2O2/c1-4-5-6-9-19(13(3)20)11-16(21)18-15-8-7-14(17)10-12(15)2/h7-8,10H,4-6,9,11H2,1-3H3,(H,18,21). The Morgan fingerprint density at radius 2 is 2.00 bits per heavy atom. The molecule has 0 aliphatic carbocycles. The number of hydrogen-bond donors (Lipinski definition) is 1. The largest absolute Gasteiger partial charge is 0.334 e. The van der Waals surface area contributed by atoms with Crippen molar-refractivity contribution in [3.8, 4) is 0 Å². The molecule has 0 heterocycles. The van der Waals surface area contributed by atoms with Crippen LogP contribution in [-0.4, -0.2) is 29.8 Å². The van der Waals surface area contributed by atoms with Crippen molar-refractivity contribution in [3.63, 3.8) is 0 Å². The minimum atomic E-state index is -0.160. The molecular weight excluding hydrogens is 332 g/mol. The molecule has 0 spiro atoms. The lowest BCUT2D eigenvalue weighted by Gasteiger charge is -2.20. The SMILES string of the molecule is CCCCCN(CC(=O)Nc1ccc(Br)cc1C)C(C)=O. The van der Waals surface area contributed by atoms with Crippen molar-refractivity contribution in [2.24, 2.45) is 0 Å². The Labute approximate surface area is 135 Å². The van der Waals surface area contributed by atoms with E-state index in [4.69, 9.17) is 0 Å². The van der Waals surface area contributed by atoms with Gasteiger partial charge in [0.2, 0.25) is 11.8 Å². The highest BCUT2D eigenvalue weighted by Crippen LogP contribution is 2.19. The molecule has 21 heavy (non-hydrogen) atoms. The second-order valence-electron chi connectivity index (χ2n) is 5.16. The predicted octanol–water partition coefficient (Wildman–Crippen LogP) is 3.73. The summed E-state index contributed by atoms with van der Waals surface area (Å²) in [5, 5.41) is 2.86. The minimum absolute atomic E-state index is 0.0613. The Kier molecular flexibility index (Phi) is 7.43. The molecule has 0 radical (unpaired) electrons. The van der Waals surface area contributed by atoms with E-state index >= 15 is 0 Å². The summed E-state index contributed by atoms with van der Waals surface area (Å²) in [4.78, 5) is 25.3. The lowest BCUT2D eigenvalue weighted by molar-refractivity contribution is -0.132. The zero-order chi connectivity index (χ0) is 15.8. The minimum Gasteiger partial charge on any atom is -0.334 e. The molecule has 0 fully saturated rings. The van der Waals surface area contributed by atoms with Crippen molar-refractivity contribution < 1.29 is 9.59 Å². The molecule has 0 saturated heterocycles. The maximum atomic E-state index is 12.1. The molecule has 0 saturated carbocycles. The molecule has 2 amide bonds. The number of benzene rings is 1. The lowest BCUT2D eigenvalue weighted by atomic mass is 10.2. The highest BCUT2D eigenvalue weighted by molar-refractivity contribution is 9.10. The van der Waals surface area contributed by atoms with Gasteiger partial charge in [0.15, 0.2) is 0 Å². The first-order valence-electron chi connectivity index (χ1n) is 7.25. The average molecular weight is 355 g/mol. The fourth-order valence-electron chi connectivity index (χ4n) is 2.03. The normalized spacial score (nSPS) is 10.3. The van der Waals surface area contributed by atoms with Gasteiger partial charge in [-0.1, -0.05) is 35.7 Å². The molecule has 116 valence electrons. The van der Waals surface area contributed by atoms with Crippen LogP contribution in [0, 0.1) is 6.92 Å². The van der Waals surface area contributed by atoms with Crippen LogP contribution in [0.25, 0.3) is 0 Å². The molecule has 0 aliphatic heterocycles. The predicted molar refractivity (Wildman–Crippen MR) is 89.3 cm³/mol. The quantitative estimate of drug-likeness (QED) is 0.758. The third kappa shape index (κ3) is 6.29.